The molecule has 5 rings (SSSR count). The summed E-state index contributed by atoms with van der Waals surface area (Å²) in [5.74, 6) is 0. The van der Waals surface area contributed by atoms with Gasteiger partial charge >= 0.3 is 0 Å². The Bertz CT molecular complexity index is 1190. The summed E-state index contributed by atoms with van der Waals surface area (Å²) in [7, 11) is 0. The Hall–Kier alpha value is -3.14. The summed E-state index contributed by atoms with van der Waals surface area (Å²) in [6.45, 7) is 8.81. The Balaban J connectivity index is 1.23. The fourth-order valence-corrected chi connectivity index (χ4v) is 5.09. The van der Waals surface area contributed by atoms with Crippen LogP contribution in [0.5, 0.6) is 0 Å². The van der Waals surface area contributed by atoms with Crippen molar-refractivity contribution in [1.82, 2.24) is 9.88 Å². The van der Waals surface area contributed by atoms with E-state index in [1.54, 1.807) is 0 Å². The lowest BCUT2D eigenvalue weighted by Gasteiger charge is -2.17. The smallest absolute Gasteiger partial charge is 0.109 e. The maximum atomic E-state index is 6.37. The van der Waals surface area contributed by atoms with E-state index < -0.39 is 0 Å². The molecule has 0 amide bonds. The first kappa shape index (κ1) is 20.7. The molecule has 1 aliphatic carbocycles. The summed E-state index contributed by atoms with van der Waals surface area (Å²) < 4.78 is 8.68. The average molecular weight is 423 g/mol. The van der Waals surface area contributed by atoms with Gasteiger partial charge in [0.25, 0.3) is 0 Å². The summed E-state index contributed by atoms with van der Waals surface area (Å²) in [4.78, 5) is 0. The van der Waals surface area contributed by atoms with Crippen LogP contribution >= 0.6 is 0 Å². The molecule has 162 valence electrons. The number of hydrogen-bond acceptors (Lipinski definition) is 2. The van der Waals surface area contributed by atoms with Crippen LogP contribution in [0.3, 0.4) is 0 Å². The maximum absolute atomic E-state index is 6.37. The Labute approximate surface area is 190 Å². The van der Waals surface area contributed by atoms with Crippen LogP contribution in [0.4, 0.5) is 0 Å². The topological polar surface area (TPSA) is 26.2 Å². The second-order valence-electron chi connectivity index (χ2n) is 8.72. The van der Waals surface area contributed by atoms with E-state index in [1.807, 2.05) is 0 Å². The van der Waals surface area contributed by atoms with E-state index in [-0.39, 0.29) is 6.10 Å². The minimum absolute atomic E-state index is 0.0194. The zero-order chi connectivity index (χ0) is 22.1. The van der Waals surface area contributed by atoms with Crippen molar-refractivity contribution in [3.8, 4) is 16.8 Å². The molecule has 1 aliphatic rings. The molecule has 3 nitrogen and oxygen atoms in total. The van der Waals surface area contributed by atoms with Crippen LogP contribution in [0.15, 0.2) is 79.0 Å². The van der Waals surface area contributed by atoms with E-state index in [9.17, 15) is 0 Å². The molecular weight excluding hydrogens is 392 g/mol. The van der Waals surface area contributed by atoms with Gasteiger partial charge in [0.15, 0.2) is 0 Å². The van der Waals surface area contributed by atoms with Gasteiger partial charge in [-0.05, 0) is 66.3 Å². The second-order valence-corrected chi connectivity index (χ2v) is 8.72. The van der Waals surface area contributed by atoms with E-state index in [4.69, 9.17) is 4.74 Å². The predicted octanol–water partition coefficient (Wildman–Crippen LogP) is 6.28. The minimum atomic E-state index is 0.0194. The highest BCUT2D eigenvalue weighted by atomic mass is 16.5. The number of nitrogens with one attached hydrogen (secondary N) is 1. The van der Waals surface area contributed by atoms with Gasteiger partial charge in [-0.3, -0.25) is 0 Å². The molecule has 0 unspecified atom stereocenters. The summed E-state index contributed by atoms with van der Waals surface area (Å²) in [6, 6.07) is 26.0. The number of aromatic nitrogens is 1. The average Bonchev–Trinajstić information content (AvgIpc) is 3.36. The van der Waals surface area contributed by atoms with E-state index >= 15 is 0 Å². The van der Waals surface area contributed by atoms with Crippen molar-refractivity contribution >= 4 is 0 Å². The van der Waals surface area contributed by atoms with Crippen LogP contribution in [0.1, 0.15) is 39.6 Å². The lowest BCUT2D eigenvalue weighted by molar-refractivity contribution is 0.0848. The monoisotopic (exact) mass is 422 g/mol. The SMILES string of the molecule is Cc1cc(C)c(-n2cccc2CNCCOC2c3ccccc3-c3ccccc32)c(C)c1. The van der Waals surface area contributed by atoms with Crippen LogP contribution in [-0.4, -0.2) is 17.7 Å². The lowest BCUT2D eigenvalue weighted by Crippen LogP contribution is -2.22. The van der Waals surface area contributed by atoms with Gasteiger partial charge in [-0.15, -0.1) is 0 Å². The first-order valence-corrected chi connectivity index (χ1v) is 11.4. The van der Waals surface area contributed by atoms with Crippen LogP contribution in [0.2, 0.25) is 0 Å². The zero-order valence-corrected chi connectivity index (χ0v) is 19.1. The first-order valence-electron chi connectivity index (χ1n) is 11.4. The fraction of sp³-hybridized carbons (Fsp3) is 0.241. The van der Waals surface area contributed by atoms with E-state index in [0.717, 1.165) is 13.1 Å². The number of rotatable bonds is 7. The predicted molar refractivity (Wildman–Crippen MR) is 131 cm³/mol. The number of nitrogens with zero attached hydrogens (tertiary/aromatic N) is 1. The molecule has 0 saturated carbocycles. The summed E-state index contributed by atoms with van der Waals surface area (Å²) in [6.07, 6.45) is 2.18. The van der Waals surface area contributed by atoms with E-state index in [2.05, 4.69) is 110 Å². The third-order valence-corrected chi connectivity index (χ3v) is 6.36. The van der Waals surface area contributed by atoms with Gasteiger partial charge in [-0.2, -0.15) is 0 Å². The quantitative estimate of drug-likeness (QED) is 0.355. The number of hydrogen-bond donors (Lipinski definition) is 1. The molecule has 4 aromatic rings. The number of aryl methyl sites for hydroxylation is 3. The second kappa shape index (κ2) is 8.78. The van der Waals surface area contributed by atoms with E-state index in [0.29, 0.717) is 6.61 Å². The molecule has 0 aliphatic heterocycles. The largest absolute Gasteiger partial charge is 0.367 e. The number of ether oxygens (including phenoxy) is 1. The van der Waals surface area contributed by atoms with E-state index in [1.165, 1.54) is 50.3 Å². The van der Waals surface area contributed by atoms with Gasteiger partial charge in [0.05, 0.1) is 12.3 Å². The minimum Gasteiger partial charge on any atom is -0.367 e. The molecule has 32 heavy (non-hydrogen) atoms. The molecule has 0 radical (unpaired) electrons. The molecule has 3 aromatic carbocycles. The molecule has 0 fully saturated rings. The Morgan fingerprint density at radius 1 is 0.812 bits per heavy atom. The molecule has 0 atom stereocenters. The molecule has 1 N–H and O–H groups in total. The molecule has 1 heterocycles. The van der Waals surface area contributed by atoms with Gasteiger partial charge in [-0.1, -0.05) is 66.2 Å². The Morgan fingerprint density at radius 3 is 2.09 bits per heavy atom. The summed E-state index contributed by atoms with van der Waals surface area (Å²) >= 11 is 0. The molecule has 0 saturated heterocycles. The summed E-state index contributed by atoms with van der Waals surface area (Å²) in [5, 5.41) is 3.57. The molecular formula is C29H30N2O. The van der Waals surface area contributed by atoms with Gasteiger partial charge in [0.1, 0.15) is 6.10 Å². The highest BCUT2D eigenvalue weighted by molar-refractivity contribution is 5.78. The maximum Gasteiger partial charge on any atom is 0.109 e. The van der Waals surface area contributed by atoms with Crippen molar-refractivity contribution in [2.45, 2.75) is 33.4 Å². The third kappa shape index (κ3) is 3.79. The number of fused-ring (bicyclic) bond motifs is 3. The molecule has 1 aromatic heterocycles. The van der Waals surface area contributed by atoms with Crippen molar-refractivity contribution in [3.63, 3.8) is 0 Å². The Kier molecular flexibility index (Phi) is 5.69. The van der Waals surface area contributed by atoms with Crippen LogP contribution in [0.25, 0.3) is 16.8 Å². The van der Waals surface area contributed by atoms with Gasteiger partial charge < -0.3 is 14.6 Å². The Morgan fingerprint density at radius 2 is 1.44 bits per heavy atom. The van der Waals surface area contributed by atoms with Crippen molar-refractivity contribution < 1.29 is 4.74 Å². The zero-order valence-electron chi connectivity index (χ0n) is 19.1. The normalized spacial score (nSPS) is 12.7. The highest BCUT2D eigenvalue weighted by Gasteiger charge is 2.28. The lowest BCUT2D eigenvalue weighted by atomic mass is 10.0. The standard InChI is InChI=1S/C29H30N2O/c1-20-17-21(2)28(22(3)18-20)31-15-8-9-23(31)19-30-14-16-32-29-26-12-6-4-10-24(26)25-11-5-7-13-27(25)29/h4-13,15,17-18,29-30H,14,16,19H2,1-3H3. The molecule has 3 heteroatoms. The summed E-state index contributed by atoms with van der Waals surface area (Å²) in [5.41, 5.74) is 11.6. The van der Waals surface area contributed by atoms with Gasteiger partial charge in [0, 0.05) is 25.0 Å². The van der Waals surface area contributed by atoms with Crippen molar-refractivity contribution in [1.29, 1.82) is 0 Å². The van der Waals surface area contributed by atoms with Crippen molar-refractivity contribution in [2.24, 2.45) is 0 Å². The fourth-order valence-electron chi connectivity index (χ4n) is 5.09. The molecule has 0 spiro atoms. The van der Waals surface area contributed by atoms with Gasteiger partial charge in [-0.25, -0.2) is 0 Å². The van der Waals surface area contributed by atoms with Crippen LogP contribution in [0, 0.1) is 20.8 Å². The van der Waals surface area contributed by atoms with Gasteiger partial charge in [0.2, 0.25) is 0 Å². The van der Waals surface area contributed by atoms with Crippen molar-refractivity contribution in [3.05, 3.63) is 113 Å². The first-order chi connectivity index (χ1) is 15.6. The van der Waals surface area contributed by atoms with Crippen LogP contribution in [-0.2, 0) is 11.3 Å². The third-order valence-electron chi connectivity index (χ3n) is 6.36. The molecule has 0 bridgehead atoms. The van der Waals surface area contributed by atoms with Crippen molar-refractivity contribution in [2.75, 3.05) is 13.2 Å². The number of benzene rings is 3. The van der Waals surface area contributed by atoms with Crippen LogP contribution < -0.4 is 5.32 Å². The highest BCUT2D eigenvalue weighted by Crippen LogP contribution is 2.44.